The highest BCUT2D eigenvalue weighted by Crippen LogP contribution is 2.47. The monoisotopic (exact) mass is 1660 g/mol. The molecule has 0 aliphatic heterocycles. The zero-order chi connectivity index (χ0) is 85.5. The maximum absolute atomic E-state index is 10.3. The number of hydrogen-bond acceptors (Lipinski definition) is 12. The minimum Gasteiger partial charge on any atom is -0.456 e. The Labute approximate surface area is 736 Å². The number of furan rings is 1. The lowest BCUT2D eigenvalue weighted by Crippen LogP contribution is -2.04. The molecule has 9 aromatic heterocycles. The molecule has 26 aromatic rings. The predicted octanol–water partition coefficient (Wildman–Crippen LogP) is 29.2. The molecule has 0 fully saturated rings. The molecule has 588 valence electrons. The van der Waals surface area contributed by atoms with E-state index < -0.39 is 0 Å². The van der Waals surface area contributed by atoms with E-state index in [1.807, 2.05) is 170 Å². The van der Waals surface area contributed by atoms with Gasteiger partial charge in [0.2, 0.25) is 0 Å². The minimum atomic E-state index is 0.266. The molecule has 0 aliphatic carbocycles. The van der Waals surface area contributed by atoms with Crippen LogP contribution in [0.2, 0.25) is 0 Å². The standard InChI is InChI=1S/C39H20N4O.C39H20N4S.C35H18N4S/c2*40-21-31-27-9-3-5-11-33(27)42-39(32(31)22-41)43-34-12-6-4-10-28(34)29-19-24(13-16-35(29)43)25-15-17-36-30(20-25)38-26-8-2-1-7-23(26)14-18-37(38)44-36;36-19-28-23-7-1-4-10-30(23)38-35(29(28)20-37)39-31-11-5-2-8-24(31)26-17-21(13-15-32(26)39)22-14-16-34-27(18-22)25-9-3-6-12-33(25)40-34/h2*1-20H;1-18H. The fourth-order valence-corrected chi connectivity index (χ4v) is 21.4. The van der Waals surface area contributed by atoms with Crippen molar-refractivity contribution in [2.75, 3.05) is 0 Å². The first-order valence-corrected chi connectivity index (χ1v) is 43.2. The lowest BCUT2D eigenvalue weighted by atomic mass is 9.99. The molecule has 0 saturated carbocycles. The van der Waals surface area contributed by atoms with Crippen LogP contribution in [0.15, 0.2) is 356 Å². The molecule has 15 heteroatoms. The molecule has 26 rings (SSSR count). The molecule has 0 saturated heterocycles. The number of hydrogen-bond donors (Lipinski definition) is 0. The summed E-state index contributed by atoms with van der Waals surface area (Å²) < 4.78 is 17.5. The maximum Gasteiger partial charge on any atom is 0.157 e. The van der Waals surface area contributed by atoms with Crippen LogP contribution in [-0.2, 0) is 0 Å². The number of thiophene rings is 2. The second-order valence-electron chi connectivity index (χ2n) is 31.8. The van der Waals surface area contributed by atoms with Crippen LogP contribution in [0.25, 0.3) is 233 Å². The van der Waals surface area contributed by atoms with Crippen molar-refractivity contribution in [3.8, 4) is 87.2 Å². The fraction of sp³-hybridized carbons (Fsp3) is 0. The molecule has 0 atom stereocenters. The van der Waals surface area contributed by atoms with Gasteiger partial charge in [0, 0.05) is 99.6 Å². The Hall–Kier alpha value is -17.9. The van der Waals surface area contributed by atoms with Crippen LogP contribution < -0.4 is 0 Å². The zero-order valence-electron chi connectivity index (χ0n) is 67.6. The third-order valence-electron chi connectivity index (χ3n) is 25.0. The van der Waals surface area contributed by atoms with Crippen LogP contribution in [0, 0.1) is 68.0 Å². The number of para-hydroxylation sites is 6. The van der Waals surface area contributed by atoms with Crippen molar-refractivity contribution in [2.24, 2.45) is 0 Å². The molecule has 0 N–H and O–H groups in total. The van der Waals surface area contributed by atoms with E-state index in [1.54, 1.807) is 0 Å². The summed E-state index contributed by atoms with van der Waals surface area (Å²) in [5.41, 5.74) is 17.9. The third-order valence-corrected chi connectivity index (χ3v) is 27.3. The Bertz CT molecular complexity index is 9290. The van der Waals surface area contributed by atoms with E-state index in [2.05, 4.69) is 255 Å². The van der Waals surface area contributed by atoms with Crippen LogP contribution in [0.4, 0.5) is 0 Å². The number of fused-ring (bicyclic) bond motifs is 25. The van der Waals surface area contributed by atoms with E-state index >= 15 is 0 Å². The summed E-state index contributed by atoms with van der Waals surface area (Å²) in [6, 6.07) is 134. The van der Waals surface area contributed by atoms with Crippen LogP contribution in [0.1, 0.15) is 33.4 Å². The maximum atomic E-state index is 10.3. The number of rotatable bonds is 6. The molecule has 0 bridgehead atoms. The summed E-state index contributed by atoms with van der Waals surface area (Å²) in [4.78, 5) is 14.8. The van der Waals surface area contributed by atoms with Crippen molar-refractivity contribution in [1.82, 2.24) is 28.7 Å². The van der Waals surface area contributed by atoms with Crippen LogP contribution in [0.5, 0.6) is 0 Å². The fourth-order valence-electron chi connectivity index (χ4n) is 19.2. The average Bonchev–Trinajstić information content (AvgIpc) is 1.58. The number of nitriles is 6. The molecular formula is C113H58N12OS2. The molecule has 128 heavy (non-hydrogen) atoms. The van der Waals surface area contributed by atoms with Gasteiger partial charge in [0.25, 0.3) is 0 Å². The highest BCUT2D eigenvalue weighted by Gasteiger charge is 2.27. The summed E-state index contributed by atoms with van der Waals surface area (Å²) in [5, 5.41) is 81.6. The highest BCUT2D eigenvalue weighted by atomic mass is 32.1. The summed E-state index contributed by atoms with van der Waals surface area (Å²) in [6.45, 7) is 0. The van der Waals surface area contributed by atoms with Gasteiger partial charge in [-0.2, -0.15) is 31.6 Å². The second-order valence-corrected chi connectivity index (χ2v) is 34.0. The lowest BCUT2D eigenvalue weighted by molar-refractivity contribution is 0.669. The number of aromatic nitrogens is 6. The normalized spacial score (nSPS) is 11.5. The Balaban J connectivity index is 0.000000107. The number of pyridine rings is 3. The molecule has 0 spiro atoms. The molecule has 13 nitrogen and oxygen atoms in total. The summed E-state index contributed by atoms with van der Waals surface area (Å²) in [6.07, 6.45) is 0. The van der Waals surface area contributed by atoms with Crippen molar-refractivity contribution in [1.29, 1.82) is 31.6 Å². The largest absolute Gasteiger partial charge is 0.456 e. The minimum absolute atomic E-state index is 0.266. The Morgan fingerprint density at radius 3 is 0.953 bits per heavy atom. The highest BCUT2D eigenvalue weighted by molar-refractivity contribution is 7.26. The van der Waals surface area contributed by atoms with Gasteiger partial charge in [0.05, 0.1) is 66.3 Å². The molecule has 0 aliphatic rings. The zero-order valence-corrected chi connectivity index (χ0v) is 69.2. The van der Waals surface area contributed by atoms with Crippen LogP contribution >= 0.6 is 22.7 Å². The van der Waals surface area contributed by atoms with Crippen molar-refractivity contribution in [3.05, 3.63) is 385 Å². The predicted molar refractivity (Wildman–Crippen MR) is 521 cm³/mol. The first kappa shape index (κ1) is 73.9. The van der Waals surface area contributed by atoms with Gasteiger partial charge in [0.15, 0.2) is 17.5 Å². The Kier molecular flexibility index (Phi) is 17.0. The van der Waals surface area contributed by atoms with E-state index in [1.165, 1.54) is 61.9 Å². The second kappa shape index (κ2) is 29.4. The van der Waals surface area contributed by atoms with E-state index in [4.69, 9.17) is 19.4 Å². The van der Waals surface area contributed by atoms with Gasteiger partial charge in [-0.3, -0.25) is 13.7 Å². The Morgan fingerprint density at radius 2 is 0.508 bits per heavy atom. The first-order chi connectivity index (χ1) is 63.2. The van der Waals surface area contributed by atoms with Gasteiger partial charge in [-0.15, -0.1) is 22.7 Å². The molecule has 0 unspecified atom stereocenters. The van der Waals surface area contributed by atoms with Gasteiger partial charge in [-0.25, -0.2) is 15.0 Å². The summed E-state index contributed by atoms with van der Waals surface area (Å²) >= 11 is 3.65. The molecule has 9 heterocycles. The number of nitrogens with zero attached hydrogens (tertiary/aromatic N) is 12. The smallest absolute Gasteiger partial charge is 0.157 e. The van der Waals surface area contributed by atoms with Crippen LogP contribution in [-0.4, -0.2) is 28.7 Å². The van der Waals surface area contributed by atoms with E-state index in [9.17, 15) is 31.6 Å². The van der Waals surface area contributed by atoms with Crippen LogP contribution in [0.3, 0.4) is 0 Å². The first-order valence-electron chi connectivity index (χ1n) is 41.6. The lowest BCUT2D eigenvalue weighted by Gasteiger charge is -2.12. The van der Waals surface area contributed by atoms with Crippen molar-refractivity contribution < 1.29 is 4.42 Å². The molecule has 17 aromatic carbocycles. The average molecular weight is 1660 g/mol. The summed E-state index contributed by atoms with van der Waals surface area (Å²) in [5.74, 6) is 1.41. The van der Waals surface area contributed by atoms with Crippen molar-refractivity contribution >= 4 is 205 Å². The van der Waals surface area contributed by atoms with E-state index in [0.717, 1.165) is 121 Å². The van der Waals surface area contributed by atoms with Gasteiger partial charge in [-0.1, -0.05) is 224 Å². The van der Waals surface area contributed by atoms with Gasteiger partial charge in [-0.05, 0) is 182 Å². The molecule has 0 amide bonds. The van der Waals surface area contributed by atoms with Gasteiger partial charge >= 0.3 is 0 Å². The van der Waals surface area contributed by atoms with Gasteiger partial charge in [0.1, 0.15) is 64.3 Å². The van der Waals surface area contributed by atoms with E-state index in [-0.39, 0.29) is 16.7 Å². The quantitative estimate of drug-likeness (QED) is 0.154. The Morgan fingerprint density at radius 1 is 0.211 bits per heavy atom. The molecular weight excluding hydrogens is 1610 g/mol. The topological polar surface area (TPSA) is 209 Å². The molecule has 0 radical (unpaired) electrons. The third kappa shape index (κ3) is 11.4. The van der Waals surface area contributed by atoms with Crippen molar-refractivity contribution in [2.45, 2.75) is 0 Å². The number of benzene rings is 17. The van der Waals surface area contributed by atoms with Gasteiger partial charge < -0.3 is 4.42 Å². The van der Waals surface area contributed by atoms with Crippen molar-refractivity contribution in [3.63, 3.8) is 0 Å². The van der Waals surface area contributed by atoms with E-state index in [0.29, 0.717) is 66.9 Å². The SMILES string of the molecule is N#Cc1c(-n2c3ccccc3c3cc(-c4ccc5oc6ccc7ccccc7c6c5c4)ccc32)nc2ccccc2c1C#N.N#Cc1c(-n2c3ccccc3c3cc(-c4ccc5sc6ccc7ccccc7c6c5c4)ccc32)nc2ccccc2c1C#N.N#Cc1c(-n2c3ccccc3c3cc(-c4ccc5sc6ccccc6c5c4)ccc32)nc2ccccc2c1C#N. The summed E-state index contributed by atoms with van der Waals surface area (Å²) in [7, 11) is 0.